The summed E-state index contributed by atoms with van der Waals surface area (Å²) in [4.78, 5) is 4.75. The summed E-state index contributed by atoms with van der Waals surface area (Å²) in [5.41, 5.74) is 2.84. The van der Waals surface area contributed by atoms with Gasteiger partial charge in [0.1, 0.15) is 12.4 Å². The molecule has 2 heterocycles. The number of aromatic nitrogens is 2. The fourth-order valence-corrected chi connectivity index (χ4v) is 5.06. The average molecular weight is 587 g/mol. The van der Waals surface area contributed by atoms with Crippen molar-refractivity contribution in [3.63, 3.8) is 0 Å². The molecule has 1 unspecified atom stereocenters. The van der Waals surface area contributed by atoms with Crippen LogP contribution in [0, 0.1) is 5.21 Å². The van der Waals surface area contributed by atoms with E-state index in [0.29, 0.717) is 18.8 Å². The third-order valence-corrected chi connectivity index (χ3v) is 8.72. The molecule has 0 aliphatic heterocycles. The van der Waals surface area contributed by atoms with Crippen LogP contribution < -0.4 is 14.2 Å². The number of hydrogen-bond donors (Lipinski definition) is 0. The zero-order chi connectivity index (χ0) is 29.6. The summed E-state index contributed by atoms with van der Waals surface area (Å²) >= 11 is 0. The minimum absolute atomic E-state index is 0.00745. The molecular weight excluding hydrogens is 546 g/mol. The molecule has 1 atom stereocenters. The number of halogens is 2. The van der Waals surface area contributed by atoms with Gasteiger partial charge >= 0.3 is 6.61 Å². The summed E-state index contributed by atoms with van der Waals surface area (Å²) < 4.78 is 49.3. The molecule has 1 aromatic carbocycles. The third-order valence-electron chi connectivity index (χ3n) is 7.02. The zero-order valence-corrected chi connectivity index (χ0v) is 25.4. The van der Waals surface area contributed by atoms with E-state index >= 15 is 0 Å². The van der Waals surface area contributed by atoms with Crippen LogP contribution >= 0.6 is 0 Å². The van der Waals surface area contributed by atoms with Crippen LogP contribution in [0.3, 0.4) is 0 Å². The molecule has 0 saturated heterocycles. The lowest BCUT2D eigenvalue weighted by molar-refractivity contribution is -0.605. The van der Waals surface area contributed by atoms with Crippen LogP contribution in [-0.4, -0.2) is 39.2 Å². The lowest BCUT2D eigenvalue weighted by Crippen LogP contribution is -2.26. The third kappa shape index (κ3) is 9.48. The van der Waals surface area contributed by atoms with E-state index in [1.165, 1.54) is 18.5 Å². The lowest BCUT2D eigenvalue weighted by atomic mass is 9.86. The second-order valence-corrected chi connectivity index (χ2v) is 17.8. The van der Waals surface area contributed by atoms with E-state index in [9.17, 15) is 14.0 Å². The van der Waals surface area contributed by atoms with Gasteiger partial charge in [-0.25, -0.2) is 0 Å². The Morgan fingerprint density at radius 2 is 1.73 bits per heavy atom. The van der Waals surface area contributed by atoms with Crippen molar-refractivity contribution < 1.29 is 32.5 Å². The van der Waals surface area contributed by atoms with E-state index in [2.05, 4.69) is 19.6 Å². The highest BCUT2D eigenvalue weighted by Crippen LogP contribution is 2.39. The first-order chi connectivity index (χ1) is 19.4. The monoisotopic (exact) mass is 586 g/mol. The molecule has 1 aliphatic carbocycles. The summed E-state index contributed by atoms with van der Waals surface area (Å²) in [6, 6.07) is 13.7. The Morgan fingerprint density at radius 1 is 1.02 bits per heavy atom. The predicted molar refractivity (Wildman–Crippen MR) is 155 cm³/mol. The van der Waals surface area contributed by atoms with Crippen molar-refractivity contribution in [2.75, 3.05) is 13.4 Å². The van der Waals surface area contributed by atoms with Gasteiger partial charge in [0, 0.05) is 38.9 Å². The van der Waals surface area contributed by atoms with E-state index in [1.54, 1.807) is 24.3 Å². The predicted octanol–water partition coefficient (Wildman–Crippen LogP) is 6.80. The van der Waals surface area contributed by atoms with Gasteiger partial charge in [0.05, 0.1) is 11.8 Å². The summed E-state index contributed by atoms with van der Waals surface area (Å²) in [6.45, 7) is 8.76. The van der Waals surface area contributed by atoms with E-state index in [4.69, 9.17) is 23.9 Å². The van der Waals surface area contributed by atoms with Crippen molar-refractivity contribution in [2.24, 2.45) is 0 Å². The van der Waals surface area contributed by atoms with Gasteiger partial charge in [0.15, 0.2) is 23.9 Å². The van der Waals surface area contributed by atoms with Gasteiger partial charge < -0.3 is 24.2 Å². The van der Waals surface area contributed by atoms with Gasteiger partial charge in [0.25, 0.3) is 0 Å². The van der Waals surface area contributed by atoms with Gasteiger partial charge in [-0.2, -0.15) is 13.5 Å². The van der Waals surface area contributed by atoms with Gasteiger partial charge in [-0.3, -0.25) is 4.98 Å². The first-order valence-electron chi connectivity index (χ1n) is 14.0. The van der Waals surface area contributed by atoms with Gasteiger partial charge in [0.2, 0.25) is 0 Å². The Bertz CT molecular complexity index is 1260. The van der Waals surface area contributed by atoms with Crippen molar-refractivity contribution in [1.29, 1.82) is 0 Å². The summed E-state index contributed by atoms with van der Waals surface area (Å²) in [7, 11) is -1.17. The molecule has 0 bridgehead atoms. The zero-order valence-electron chi connectivity index (χ0n) is 24.4. The van der Waals surface area contributed by atoms with Crippen molar-refractivity contribution >= 4 is 8.07 Å². The van der Waals surface area contributed by atoms with Crippen LogP contribution in [0.4, 0.5) is 8.78 Å². The minimum atomic E-state index is -2.95. The summed E-state index contributed by atoms with van der Waals surface area (Å²) in [5, 5.41) is 11.6. The second kappa shape index (κ2) is 13.3. The van der Waals surface area contributed by atoms with Gasteiger partial charge in [-0.05, 0) is 74.0 Å². The van der Waals surface area contributed by atoms with Crippen molar-refractivity contribution in [3.8, 4) is 11.5 Å². The standard InChI is InChI=1S/C31H40F2N2O5Si/c1-31(2,38-21-37-16-17-41(3,4)5)29-11-7-24(20-34-29)26(18-22-12-14-35(36)15-13-22)23-6-10-27(40-30(32)33)28(19-23)39-25-8-9-25/h6-7,10-15,19-20,25-26,30H,8-9,16-18,21H2,1-5H3. The van der Waals surface area contributed by atoms with Crippen LogP contribution in [0.5, 0.6) is 11.5 Å². The Balaban J connectivity index is 1.56. The first kappa shape index (κ1) is 30.9. The smallest absolute Gasteiger partial charge is 0.387 e. The fraction of sp³-hybridized carbons (Fsp3) is 0.484. The SMILES string of the molecule is CC(C)(OCOCC[Si](C)(C)C)c1ccc(C(Cc2cc[n+]([O-])cc2)c2ccc(OC(F)F)c(OC3CC3)c2)cn1. The molecule has 4 rings (SSSR count). The molecule has 41 heavy (non-hydrogen) atoms. The Kier molecular flexibility index (Phi) is 9.99. The number of nitrogens with zero attached hydrogens (tertiary/aromatic N) is 2. The molecule has 222 valence electrons. The van der Waals surface area contributed by atoms with Crippen molar-refractivity contribution in [3.05, 3.63) is 88.6 Å². The first-order valence-corrected chi connectivity index (χ1v) is 17.7. The molecule has 0 amide bonds. The fourth-order valence-electron chi connectivity index (χ4n) is 4.30. The normalized spacial score (nSPS) is 14.7. The molecule has 2 aromatic heterocycles. The highest BCUT2D eigenvalue weighted by Gasteiger charge is 2.28. The molecule has 0 N–H and O–H groups in total. The summed E-state index contributed by atoms with van der Waals surface area (Å²) in [5.74, 6) is 0.130. The highest BCUT2D eigenvalue weighted by molar-refractivity contribution is 6.76. The highest BCUT2D eigenvalue weighted by atomic mass is 28.3. The van der Waals surface area contributed by atoms with E-state index in [-0.39, 0.29) is 24.6 Å². The quantitative estimate of drug-likeness (QED) is 0.0641. The van der Waals surface area contributed by atoms with Gasteiger partial charge in [-0.1, -0.05) is 31.8 Å². The van der Waals surface area contributed by atoms with E-state index < -0.39 is 20.3 Å². The molecule has 1 saturated carbocycles. The Morgan fingerprint density at radius 3 is 2.34 bits per heavy atom. The number of pyridine rings is 2. The topological polar surface area (TPSA) is 76.8 Å². The number of rotatable bonds is 15. The average Bonchev–Trinajstić information content (AvgIpc) is 3.72. The van der Waals surface area contributed by atoms with Crippen LogP contribution in [0.2, 0.25) is 25.7 Å². The van der Waals surface area contributed by atoms with Crippen LogP contribution in [0.1, 0.15) is 55.0 Å². The van der Waals surface area contributed by atoms with Crippen LogP contribution in [0.25, 0.3) is 0 Å². The number of benzene rings is 1. The maximum Gasteiger partial charge on any atom is 0.387 e. The molecule has 1 aliphatic rings. The second-order valence-electron chi connectivity index (χ2n) is 12.2. The van der Waals surface area contributed by atoms with Crippen molar-refractivity contribution in [2.45, 2.75) is 83.0 Å². The number of alkyl halides is 2. The van der Waals surface area contributed by atoms with Crippen LogP contribution in [0.15, 0.2) is 61.1 Å². The summed E-state index contributed by atoms with van der Waals surface area (Å²) in [6.07, 6.45) is 7.07. The minimum Gasteiger partial charge on any atom is -0.619 e. The molecule has 1 fully saturated rings. The lowest BCUT2D eigenvalue weighted by Gasteiger charge is -2.26. The van der Waals surface area contributed by atoms with Gasteiger partial charge in [-0.15, -0.1) is 0 Å². The largest absolute Gasteiger partial charge is 0.619 e. The Hall–Kier alpha value is -3.08. The molecule has 0 radical (unpaired) electrons. The Labute approximate surface area is 242 Å². The van der Waals surface area contributed by atoms with Crippen LogP contribution in [-0.2, 0) is 21.5 Å². The molecule has 10 heteroatoms. The van der Waals surface area contributed by atoms with E-state index in [0.717, 1.165) is 46.0 Å². The molecule has 7 nitrogen and oxygen atoms in total. The number of ether oxygens (including phenoxy) is 4. The maximum absolute atomic E-state index is 13.1. The number of hydrogen-bond acceptors (Lipinski definition) is 6. The molecule has 0 spiro atoms. The van der Waals surface area contributed by atoms with Crippen molar-refractivity contribution in [1.82, 2.24) is 4.98 Å². The van der Waals surface area contributed by atoms with E-state index in [1.807, 2.05) is 32.2 Å². The molecular formula is C31H40F2N2O5Si. The maximum atomic E-state index is 13.1. The molecule has 3 aromatic rings.